The number of aliphatic hydroxyl groups excluding tert-OH is 1. The predicted molar refractivity (Wildman–Crippen MR) is 52.4 cm³/mol. The molecule has 4 heteroatoms. The molecular weight excluding hydrogens is 193 g/mol. The lowest BCUT2D eigenvalue weighted by Crippen LogP contribution is -2.26. The van der Waals surface area contributed by atoms with Gasteiger partial charge in [0.05, 0.1) is 6.61 Å². The standard InChI is InChI=1S/C9H12FNO.ClH/c10-8-3-1-7(2-4-8)5-9(11)6-12;/h1-4,9,12H,5-6,11H2;1H/t9-;/m0./s1. The minimum absolute atomic E-state index is 0. The summed E-state index contributed by atoms with van der Waals surface area (Å²) >= 11 is 0. The topological polar surface area (TPSA) is 46.2 Å². The van der Waals surface area contributed by atoms with E-state index in [9.17, 15) is 4.39 Å². The minimum atomic E-state index is -0.254. The van der Waals surface area contributed by atoms with Crippen LogP contribution in [0.15, 0.2) is 24.3 Å². The van der Waals surface area contributed by atoms with Crippen molar-refractivity contribution in [2.75, 3.05) is 6.61 Å². The van der Waals surface area contributed by atoms with Crippen LogP contribution in [0.5, 0.6) is 0 Å². The fraction of sp³-hybridized carbons (Fsp3) is 0.333. The Morgan fingerprint density at radius 1 is 1.31 bits per heavy atom. The summed E-state index contributed by atoms with van der Waals surface area (Å²) in [6.07, 6.45) is 0.580. The second kappa shape index (κ2) is 5.91. The lowest BCUT2D eigenvalue weighted by Gasteiger charge is -2.06. The molecule has 0 spiro atoms. The van der Waals surface area contributed by atoms with Crippen molar-refractivity contribution >= 4 is 12.4 Å². The number of benzene rings is 1. The van der Waals surface area contributed by atoms with Crippen LogP contribution in [0.3, 0.4) is 0 Å². The average Bonchev–Trinajstić information content (AvgIpc) is 2.09. The largest absolute Gasteiger partial charge is 0.395 e. The van der Waals surface area contributed by atoms with E-state index in [4.69, 9.17) is 10.8 Å². The van der Waals surface area contributed by atoms with Crippen molar-refractivity contribution in [3.8, 4) is 0 Å². The number of aliphatic hydroxyl groups is 1. The van der Waals surface area contributed by atoms with Gasteiger partial charge in [-0.1, -0.05) is 12.1 Å². The van der Waals surface area contributed by atoms with Gasteiger partial charge in [-0.05, 0) is 24.1 Å². The predicted octanol–water partition coefficient (Wildman–Crippen LogP) is 1.11. The van der Waals surface area contributed by atoms with Crippen molar-refractivity contribution in [3.05, 3.63) is 35.6 Å². The van der Waals surface area contributed by atoms with E-state index in [2.05, 4.69) is 0 Å². The Morgan fingerprint density at radius 3 is 2.31 bits per heavy atom. The summed E-state index contributed by atoms with van der Waals surface area (Å²) in [5.74, 6) is -0.253. The van der Waals surface area contributed by atoms with Gasteiger partial charge in [-0.3, -0.25) is 0 Å². The lowest BCUT2D eigenvalue weighted by atomic mass is 10.1. The third-order valence-electron chi connectivity index (χ3n) is 1.65. The van der Waals surface area contributed by atoms with E-state index in [1.807, 2.05) is 0 Å². The molecule has 13 heavy (non-hydrogen) atoms. The van der Waals surface area contributed by atoms with Crippen LogP contribution in [0.1, 0.15) is 5.56 Å². The number of nitrogens with two attached hydrogens (primary N) is 1. The third kappa shape index (κ3) is 4.22. The van der Waals surface area contributed by atoms with Crippen LogP contribution in [-0.2, 0) is 6.42 Å². The molecule has 0 amide bonds. The van der Waals surface area contributed by atoms with Gasteiger partial charge in [-0.25, -0.2) is 4.39 Å². The minimum Gasteiger partial charge on any atom is -0.395 e. The highest BCUT2D eigenvalue weighted by molar-refractivity contribution is 5.85. The molecule has 0 unspecified atom stereocenters. The Morgan fingerprint density at radius 2 is 1.85 bits per heavy atom. The summed E-state index contributed by atoms with van der Waals surface area (Å²) in [5.41, 5.74) is 6.44. The summed E-state index contributed by atoms with van der Waals surface area (Å²) < 4.78 is 12.4. The van der Waals surface area contributed by atoms with Crippen molar-refractivity contribution < 1.29 is 9.50 Å². The maximum Gasteiger partial charge on any atom is 0.123 e. The summed E-state index contributed by atoms with van der Waals surface area (Å²) in [6.45, 7) is -0.0443. The molecule has 0 aliphatic carbocycles. The molecule has 3 N–H and O–H groups in total. The van der Waals surface area contributed by atoms with E-state index >= 15 is 0 Å². The van der Waals surface area contributed by atoms with Crippen molar-refractivity contribution in [1.29, 1.82) is 0 Å². The third-order valence-corrected chi connectivity index (χ3v) is 1.65. The molecule has 0 bridgehead atoms. The van der Waals surface area contributed by atoms with Crippen molar-refractivity contribution in [3.63, 3.8) is 0 Å². The molecule has 0 heterocycles. The van der Waals surface area contributed by atoms with Gasteiger partial charge >= 0.3 is 0 Å². The van der Waals surface area contributed by atoms with Gasteiger partial charge in [0, 0.05) is 6.04 Å². The Bertz CT molecular complexity index is 240. The Labute approximate surface area is 83.0 Å². The zero-order chi connectivity index (χ0) is 8.97. The molecule has 1 rings (SSSR count). The van der Waals surface area contributed by atoms with Crippen LogP contribution >= 0.6 is 12.4 Å². The van der Waals surface area contributed by atoms with Crippen LogP contribution < -0.4 is 5.73 Å². The molecule has 0 aliphatic rings. The van der Waals surface area contributed by atoms with Crippen LogP contribution in [0.2, 0.25) is 0 Å². The van der Waals surface area contributed by atoms with Gasteiger partial charge in [0.15, 0.2) is 0 Å². The summed E-state index contributed by atoms with van der Waals surface area (Å²) in [4.78, 5) is 0. The number of rotatable bonds is 3. The van der Waals surface area contributed by atoms with Crippen LogP contribution in [0.4, 0.5) is 4.39 Å². The zero-order valence-corrected chi connectivity index (χ0v) is 7.93. The van der Waals surface area contributed by atoms with Gasteiger partial charge in [-0.15, -0.1) is 12.4 Å². The summed E-state index contributed by atoms with van der Waals surface area (Å²) in [5, 5.41) is 8.65. The first-order valence-corrected chi connectivity index (χ1v) is 3.83. The molecule has 1 aromatic rings. The number of hydrogen-bond donors (Lipinski definition) is 2. The van der Waals surface area contributed by atoms with Gasteiger partial charge in [0.2, 0.25) is 0 Å². The van der Waals surface area contributed by atoms with Crippen molar-refractivity contribution in [2.45, 2.75) is 12.5 Å². The van der Waals surface area contributed by atoms with E-state index in [0.717, 1.165) is 5.56 Å². The molecule has 0 fully saturated rings. The monoisotopic (exact) mass is 205 g/mol. The molecule has 0 radical (unpaired) electrons. The van der Waals surface area contributed by atoms with Gasteiger partial charge in [0.1, 0.15) is 5.82 Å². The maximum atomic E-state index is 12.4. The SMILES string of the molecule is Cl.N[C@H](CO)Cc1ccc(F)cc1. The average molecular weight is 206 g/mol. The van der Waals surface area contributed by atoms with E-state index in [1.165, 1.54) is 12.1 Å². The van der Waals surface area contributed by atoms with Crippen LogP contribution in [0, 0.1) is 5.82 Å². The quantitative estimate of drug-likeness (QED) is 0.777. The number of hydrogen-bond acceptors (Lipinski definition) is 2. The highest BCUT2D eigenvalue weighted by Gasteiger charge is 2.01. The molecule has 74 valence electrons. The molecule has 0 saturated carbocycles. The molecule has 0 aromatic heterocycles. The first-order chi connectivity index (χ1) is 5.72. The normalized spacial score (nSPS) is 11.9. The molecular formula is C9H13ClFNO. The second-order valence-electron chi connectivity index (χ2n) is 2.77. The molecule has 2 nitrogen and oxygen atoms in total. The van der Waals surface area contributed by atoms with Crippen LogP contribution in [-0.4, -0.2) is 17.8 Å². The van der Waals surface area contributed by atoms with Crippen molar-refractivity contribution in [2.24, 2.45) is 5.73 Å². The highest BCUT2D eigenvalue weighted by Crippen LogP contribution is 2.04. The van der Waals surface area contributed by atoms with E-state index < -0.39 is 0 Å². The maximum absolute atomic E-state index is 12.4. The molecule has 0 saturated heterocycles. The first-order valence-electron chi connectivity index (χ1n) is 3.83. The fourth-order valence-electron chi connectivity index (χ4n) is 0.988. The molecule has 1 atom stereocenters. The Hall–Kier alpha value is -0.640. The van der Waals surface area contributed by atoms with Gasteiger partial charge in [-0.2, -0.15) is 0 Å². The molecule has 0 aliphatic heterocycles. The molecule has 1 aromatic carbocycles. The van der Waals surface area contributed by atoms with E-state index in [-0.39, 0.29) is 30.9 Å². The van der Waals surface area contributed by atoms with E-state index in [0.29, 0.717) is 6.42 Å². The van der Waals surface area contributed by atoms with Gasteiger partial charge < -0.3 is 10.8 Å². The van der Waals surface area contributed by atoms with Gasteiger partial charge in [0.25, 0.3) is 0 Å². The zero-order valence-electron chi connectivity index (χ0n) is 7.11. The van der Waals surface area contributed by atoms with Crippen molar-refractivity contribution in [1.82, 2.24) is 0 Å². The smallest absolute Gasteiger partial charge is 0.123 e. The lowest BCUT2D eigenvalue weighted by molar-refractivity contribution is 0.265. The Balaban J connectivity index is 0.00000144. The Kier molecular flexibility index (Phi) is 5.62. The highest BCUT2D eigenvalue weighted by atomic mass is 35.5. The summed E-state index contributed by atoms with van der Waals surface area (Å²) in [7, 11) is 0. The van der Waals surface area contributed by atoms with Crippen LogP contribution in [0.25, 0.3) is 0 Å². The van der Waals surface area contributed by atoms with E-state index in [1.54, 1.807) is 12.1 Å². The second-order valence-corrected chi connectivity index (χ2v) is 2.77. The number of halogens is 2. The first kappa shape index (κ1) is 12.4. The summed E-state index contributed by atoms with van der Waals surface area (Å²) in [6, 6.07) is 5.87. The fourth-order valence-corrected chi connectivity index (χ4v) is 0.988.